The maximum absolute atomic E-state index is 12.7. The topological polar surface area (TPSA) is 158 Å². The Labute approximate surface area is 263 Å². The molecule has 0 bridgehead atoms. The molecule has 6 N–H and O–H groups in total. The summed E-state index contributed by atoms with van der Waals surface area (Å²) in [6.45, 7) is 10.7. The summed E-state index contributed by atoms with van der Waals surface area (Å²) in [5.41, 5.74) is -2.11. The Kier molecular flexibility index (Phi) is 10.2. The maximum atomic E-state index is 12.7. The molecule has 10 nitrogen and oxygen atoms in total. The Morgan fingerprint density at radius 3 is 2.18 bits per heavy atom. The molecule has 5 aliphatic rings. The largest absolute Gasteiger partial charge is 0.393 e. The van der Waals surface area contributed by atoms with Crippen LogP contribution in [0.5, 0.6) is 0 Å². The Morgan fingerprint density at radius 1 is 0.864 bits per heavy atom. The summed E-state index contributed by atoms with van der Waals surface area (Å²) < 4.78 is 22.9. The van der Waals surface area contributed by atoms with E-state index in [-0.39, 0.29) is 54.1 Å². The monoisotopic (exact) mass is 628 g/mol. The standard InChI is InChI=1S/C34H60O10/c1-17(2)20(35)9-8-18(3)19-14-21(36)30-32(19,4)13-11-25-33(5)12-10-23(27(38)26(33)22(37)15-34(25,30)40)44-31-29(42-7)28(39)24(41-6)16-43-31/h17-31,35-40H,8-16H2,1-7H3/t18-,19-,20+,21+,22-,23+,24-,25?,26?,27+,28+,29-,30?,31+,32-,33-,34+/m1/s1. The van der Waals surface area contributed by atoms with Gasteiger partial charge in [0.05, 0.1) is 42.7 Å². The van der Waals surface area contributed by atoms with Crippen molar-refractivity contribution in [3.63, 3.8) is 0 Å². The van der Waals surface area contributed by atoms with Crippen LogP contribution in [0.3, 0.4) is 0 Å². The second kappa shape index (κ2) is 12.9. The molecule has 5 rings (SSSR count). The average molecular weight is 629 g/mol. The van der Waals surface area contributed by atoms with E-state index in [0.29, 0.717) is 19.3 Å². The van der Waals surface area contributed by atoms with Crippen molar-refractivity contribution in [2.75, 3.05) is 20.8 Å². The molecular weight excluding hydrogens is 568 g/mol. The third-order valence-corrected chi connectivity index (χ3v) is 13.4. The first-order valence-electron chi connectivity index (χ1n) is 17.1. The quantitative estimate of drug-likeness (QED) is 0.209. The number of fused-ring (bicyclic) bond motifs is 5. The van der Waals surface area contributed by atoms with Gasteiger partial charge < -0.3 is 49.6 Å². The lowest BCUT2D eigenvalue weighted by molar-refractivity contribution is -0.321. The van der Waals surface area contributed by atoms with Crippen LogP contribution in [0.1, 0.15) is 86.0 Å². The van der Waals surface area contributed by atoms with Gasteiger partial charge in [0.2, 0.25) is 0 Å². The van der Waals surface area contributed by atoms with E-state index < -0.39 is 66.0 Å². The number of hydrogen-bond donors (Lipinski definition) is 6. The van der Waals surface area contributed by atoms with Crippen molar-refractivity contribution in [1.29, 1.82) is 0 Å². The Bertz CT molecular complexity index is 982. The minimum Gasteiger partial charge on any atom is -0.393 e. The van der Waals surface area contributed by atoms with Gasteiger partial charge in [0.1, 0.15) is 18.3 Å². The van der Waals surface area contributed by atoms with Crippen molar-refractivity contribution in [3.8, 4) is 0 Å². The molecule has 0 aromatic heterocycles. The second-order valence-electron chi connectivity index (χ2n) is 16.0. The molecule has 44 heavy (non-hydrogen) atoms. The van der Waals surface area contributed by atoms with Gasteiger partial charge in [-0.25, -0.2) is 0 Å². The molecule has 3 unspecified atom stereocenters. The van der Waals surface area contributed by atoms with Crippen molar-refractivity contribution in [3.05, 3.63) is 0 Å². The summed E-state index contributed by atoms with van der Waals surface area (Å²) in [6, 6.07) is 0. The molecule has 0 spiro atoms. The SMILES string of the molecule is CO[C@H]1[C@H](O[C@H]2CC[C@@]3(C)C([C@H](O)C[C@]4(O)C3CC[C@@]3(C)C4[C@@H](O)C[C@@H]3[C@H](C)CC[C@H](O)C(C)C)[C@H]2O)OC[C@@H](OC)[C@@H]1O. The predicted octanol–water partition coefficient (Wildman–Crippen LogP) is 2.24. The highest BCUT2D eigenvalue weighted by molar-refractivity contribution is 5.21. The summed E-state index contributed by atoms with van der Waals surface area (Å²) in [4.78, 5) is 0. The van der Waals surface area contributed by atoms with Crippen LogP contribution in [0.25, 0.3) is 0 Å². The van der Waals surface area contributed by atoms with Crippen LogP contribution in [-0.4, -0.2) is 112 Å². The highest BCUT2D eigenvalue weighted by Gasteiger charge is 2.72. The number of aliphatic hydroxyl groups is 6. The fraction of sp³-hybridized carbons (Fsp3) is 1.00. The van der Waals surface area contributed by atoms with E-state index in [2.05, 4.69) is 20.8 Å². The smallest absolute Gasteiger partial charge is 0.186 e. The zero-order valence-corrected chi connectivity index (χ0v) is 27.8. The maximum Gasteiger partial charge on any atom is 0.186 e. The highest BCUT2D eigenvalue weighted by atomic mass is 16.7. The van der Waals surface area contributed by atoms with Gasteiger partial charge in [-0.1, -0.05) is 34.6 Å². The zero-order chi connectivity index (χ0) is 32.4. The summed E-state index contributed by atoms with van der Waals surface area (Å²) >= 11 is 0. The van der Waals surface area contributed by atoms with Crippen molar-refractivity contribution in [2.24, 2.45) is 46.3 Å². The lowest BCUT2D eigenvalue weighted by Gasteiger charge is -2.66. The molecule has 0 aromatic carbocycles. The minimum absolute atomic E-state index is 0.0983. The Hall–Kier alpha value is -0.400. The third kappa shape index (κ3) is 5.61. The van der Waals surface area contributed by atoms with Crippen molar-refractivity contribution in [2.45, 2.75) is 147 Å². The van der Waals surface area contributed by atoms with Crippen LogP contribution in [-0.2, 0) is 18.9 Å². The molecule has 0 aromatic rings. The predicted molar refractivity (Wildman–Crippen MR) is 162 cm³/mol. The molecule has 0 amide bonds. The van der Waals surface area contributed by atoms with Gasteiger partial charge in [0.15, 0.2) is 6.29 Å². The number of methoxy groups -OCH3 is 2. The van der Waals surface area contributed by atoms with Crippen molar-refractivity contribution >= 4 is 0 Å². The first-order chi connectivity index (χ1) is 20.6. The fourth-order valence-electron chi connectivity index (χ4n) is 11.1. The minimum atomic E-state index is -1.26. The van der Waals surface area contributed by atoms with Gasteiger partial charge in [-0.3, -0.25) is 0 Å². The first-order valence-corrected chi connectivity index (χ1v) is 17.1. The Balaban J connectivity index is 1.33. The van der Waals surface area contributed by atoms with Crippen LogP contribution in [0, 0.1) is 46.3 Å². The molecular formula is C34H60O10. The molecule has 0 radical (unpaired) electrons. The van der Waals surface area contributed by atoms with E-state index in [0.717, 1.165) is 25.7 Å². The third-order valence-electron chi connectivity index (χ3n) is 13.4. The van der Waals surface area contributed by atoms with Crippen LogP contribution in [0.15, 0.2) is 0 Å². The van der Waals surface area contributed by atoms with Crippen LogP contribution in [0.4, 0.5) is 0 Å². The second-order valence-corrected chi connectivity index (χ2v) is 16.0. The lowest BCUT2D eigenvalue weighted by atomic mass is 9.41. The number of aliphatic hydroxyl groups excluding tert-OH is 5. The van der Waals surface area contributed by atoms with E-state index >= 15 is 0 Å². The van der Waals surface area contributed by atoms with E-state index in [9.17, 15) is 30.6 Å². The average Bonchev–Trinajstić information content (AvgIpc) is 3.24. The van der Waals surface area contributed by atoms with Gasteiger partial charge in [0.25, 0.3) is 0 Å². The molecule has 4 saturated carbocycles. The van der Waals surface area contributed by atoms with Crippen LogP contribution >= 0.6 is 0 Å². The first kappa shape index (κ1) is 34.9. The molecule has 5 fully saturated rings. The molecule has 256 valence electrons. The molecule has 1 saturated heterocycles. The summed E-state index contributed by atoms with van der Waals surface area (Å²) in [5.74, 6) is -0.386. The molecule has 10 heteroatoms. The molecule has 1 heterocycles. The summed E-state index contributed by atoms with van der Waals surface area (Å²) in [7, 11) is 2.97. The van der Waals surface area contributed by atoms with E-state index in [4.69, 9.17) is 18.9 Å². The Morgan fingerprint density at radius 2 is 1.55 bits per heavy atom. The molecule has 17 atom stereocenters. The molecule has 1 aliphatic heterocycles. The lowest BCUT2D eigenvalue weighted by Crippen LogP contribution is -2.71. The van der Waals surface area contributed by atoms with Crippen molar-refractivity contribution in [1.82, 2.24) is 0 Å². The number of hydrogen-bond acceptors (Lipinski definition) is 10. The molecule has 4 aliphatic carbocycles. The van der Waals surface area contributed by atoms with Gasteiger partial charge in [-0.2, -0.15) is 0 Å². The van der Waals surface area contributed by atoms with E-state index in [1.165, 1.54) is 14.2 Å². The fourth-order valence-corrected chi connectivity index (χ4v) is 11.1. The van der Waals surface area contributed by atoms with Gasteiger partial charge in [-0.05, 0) is 79.4 Å². The highest BCUT2D eigenvalue weighted by Crippen LogP contribution is 2.70. The van der Waals surface area contributed by atoms with Gasteiger partial charge in [0, 0.05) is 32.5 Å². The summed E-state index contributed by atoms with van der Waals surface area (Å²) in [6.07, 6.45) is -1.79. The van der Waals surface area contributed by atoms with Gasteiger partial charge >= 0.3 is 0 Å². The van der Waals surface area contributed by atoms with E-state index in [1.54, 1.807) is 0 Å². The number of ether oxygens (including phenoxy) is 4. The number of rotatable bonds is 9. The van der Waals surface area contributed by atoms with Crippen LogP contribution < -0.4 is 0 Å². The normalized spacial score (nSPS) is 52.2. The van der Waals surface area contributed by atoms with E-state index in [1.807, 2.05) is 13.8 Å². The van der Waals surface area contributed by atoms with Crippen LogP contribution in [0.2, 0.25) is 0 Å². The summed E-state index contributed by atoms with van der Waals surface area (Å²) in [5, 5.41) is 68.9. The van der Waals surface area contributed by atoms with Crippen molar-refractivity contribution < 1.29 is 49.6 Å². The zero-order valence-electron chi connectivity index (χ0n) is 27.8. The van der Waals surface area contributed by atoms with Gasteiger partial charge in [-0.15, -0.1) is 0 Å².